The minimum absolute atomic E-state index is 0.0342. The summed E-state index contributed by atoms with van der Waals surface area (Å²) in [4.78, 5) is 12.3. The molecular weight excluding hydrogens is 249 g/mol. The molecule has 0 aromatic heterocycles. The topological polar surface area (TPSA) is 70.2 Å². The lowest BCUT2D eigenvalue weighted by atomic mass is 10.00. The van der Waals surface area contributed by atoms with Crippen LogP contribution in [0.4, 0.5) is 10.1 Å². The molecule has 0 N–H and O–H groups in total. The fraction of sp³-hybridized carbons (Fsp3) is 0.462. The van der Waals surface area contributed by atoms with Crippen molar-refractivity contribution in [3.8, 4) is 6.07 Å². The predicted octanol–water partition coefficient (Wildman–Crippen LogP) is 1.97. The lowest BCUT2D eigenvalue weighted by molar-refractivity contribution is -0.385. The molecule has 1 heterocycles. The number of aryl methyl sites for hydroxylation is 1. The van der Waals surface area contributed by atoms with Gasteiger partial charge in [-0.3, -0.25) is 15.0 Å². The molecule has 1 aromatic rings. The predicted molar refractivity (Wildman–Crippen MR) is 67.6 cm³/mol. The Morgan fingerprint density at radius 3 is 2.79 bits per heavy atom. The van der Waals surface area contributed by atoms with Gasteiger partial charge in [0.15, 0.2) is 0 Å². The Hall–Kier alpha value is -2.00. The first-order chi connectivity index (χ1) is 9.01. The quantitative estimate of drug-likeness (QED) is 0.615. The Labute approximate surface area is 110 Å². The molecule has 1 aliphatic heterocycles. The van der Waals surface area contributed by atoms with Gasteiger partial charge in [0, 0.05) is 31.3 Å². The molecule has 5 nitrogen and oxygen atoms in total. The second-order valence-electron chi connectivity index (χ2n) is 4.77. The summed E-state index contributed by atoms with van der Waals surface area (Å²) >= 11 is 0. The highest BCUT2D eigenvalue weighted by Gasteiger charge is 2.25. The summed E-state index contributed by atoms with van der Waals surface area (Å²) in [6, 6.07) is 4.99. The number of nitriles is 1. The number of halogens is 1. The number of benzene rings is 1. The first-order valence-corrected chi connectivity index (χ1v) is 6.05. The number of rotatable bonds is 4. The molecule has 1 fully saturated rings. The van der Waals surface area contributed by atoms with Crippen LogP contribution in [0.25, 0.3) is 0 Å². The zero-order valence-corrected chi connectivity index (χ0v) is 10.6. The number of hydrogen-bond donors (Lipinski definition) is 0. The monoisotopic (exact) mass is 263 g/mol. The SMILES string of the molecule is Cc1cc(CCN2CC(F)C2)c(C#N)cc1[N+](=O)[O-]. The van der Waals surface area contributed by atoms with Crippen LogP contribution in [0.15, 0.2) is 12.1 Å². The second kappa shape index (κ2) is 5.33. The first-order valence-electron chi connectivity index (χ1n) is 6.05. The summed E-state index contributed by atoms with van der Waals surface area (Å²) in [5.41, 5.74) is 1.63. The van der Waals surface area contributed by atoms with Gasteiger partial charge in [-0.2, -0.15) is 5.26 Å². The average molecular weight is 263 g/mol. The van der Waals surface area contributed by atoms with Gasteiger partial charge in [-0.05, 0) is 25.0 Å². The largest absolute Gasteiger partial charge is 0.297 e. The van der Waals surface area contributed by atoms with E-state index in [4.69, 9.17) is 5.26 Å². The Morgan fingerprint density at radius 1 is 1.58 bits per heavy atom. The van der Waals surface area contributed by atoms with Crippen LogP contribution in [0.3, 0.4) is 0 Å². The summed E-state index contributed by atoms with van der Waals surface area (Å²) in [5, 5.41) is 19.9. The van der Waals surface area contributed by atoms with Crippen molar-refractivity contribution in [3.05, 3.63) is 38.9 Å². The Balaban J connectivity index is 2.14. The number of likely N-dealkylation sites (tertiary alicyclic amines) is 1. The third-order valence-electron chi connectivity index (χ3n) is 3.35. The van der Waals surface area contributed by atoms with Crippen molar-refractivity contribution in [1.82, 2.24) is 4.90 Å². The van der Waals surface area contributed by atoms with Crippen molar-refractivity contribution in [3.63, 3.8) is 0 Å². The van der Waals surface area contributed by atoms with E-state index >= 15 is 0 Å². The first kappa shape index (κ1) is 13.4. The zero-order valence-electron chi connectivity index (χ0n) is 10.6. The van der Waals surface area contributed by atoms with Crippen LogP contribution in [-0.4, -0.2) is 35.6 Å². The maximum Gasteiger partial charge on any atom is 0.273 e. The van der Waals surface area contributed by atoms with Crippen molar-refractivity contribution >= 4 is 5.69 Å². The van der Waals surface area contributed by atoms with Gasteiger partial charge in [0.1, 0.15) is 6.17 Å². The minimum Gasteiger partial charge on any atom is -0.297 e. The van der Waals surface area contributed by atoms with E-state index in [9.17, 15) is 14.5 Å². The van der Waals surface area contributed by atoms with Crippen molar-refractivity contribution in [1.29, 1.82) is 5.26 Å². The Bertz CT molecular complexity index is 548. The van der Waals surface area contributed by atoms with Gasteiger partial charge in [0.2, 0.25) is 0 Å². The van der Waals surface area contributed by atoms with Gasteiger partial charge in [0.25, 0.3) is 5.69 Å². The van der Waals surface area contributed by atoms with Crippen LogP contribution >= 0.6 is 0 Å². The number of nitro groups is 1. The number of nitrogens with zero attached hydrogens (tertiary/aromatic N) is 3. The van der Waals surface area contributed by atoms with E-state index in [1.165, 1.54) is 6.07 Å². The minimum atomic E-state index is -0.742. The van der Waals surface area contributed by atoms with Gasteiger partial charge in [0.05, 0.1) is 16.6 Å². The lowest BCUT2D eigenvalue weighted by Crippen LogP contribution is -2.48. The molecule has 19 heavy (non-hydrogen) atoms. The standard InChI is InChI=1S/C13H14FN3O2/c1-9-4-10(2-3-16-7-12(14)8-16)11(6-15)5-13(9)17(18)19/h4-5,12H,2-3,7-8H2,1H3. The van der Waals surface area contributed by atoms with Crippen molar-refractivity contribution in [2.45, 2.75) is 19.5 Å². The normalized spacial score (nSPS) is 15.8. The number of hydrogen-bond acceptors (Lipinski definition) is 4. The molecule has 0 amide bonds. The molecule has 0 unspecified atom stereocenters. The van der Waals surface area contributed by atoms with Crippen LogP contribution in [0.1, 0.15) is 16.7 Å². The van der Waals surface area contributed by atoms with E-state index < -0.39 is 11.1 Å². The maximum atomic E-state index is 12.7. The fourth-order valence-corrected chi connectivity index (χ4v) is 2.23. The Morgan fingerprint density at radius 2 is 2.26 bits per heavy atom. The van der Waals surface area contributed by atoms with Gasteiger partial charge in [-0.1, -0.05) is 0 Å². The molecule has 1 aliphatic rings. The van der Waals surface area contributed by atoms with Gasteiger partial charge < -0.3 is 0 Å². The highest BCUT2D eigenvalue weighted by molar-refractivity contribution is 5.51. The molecule has 0 aliphatic carbocycles. The molecule has 0 atom stereocenters. The lowest BCUT2D eigenvalue weighted by Gasteiger charge is -2.34. The van der Waals surface area contributed by atoms with Gasteiger partial charge in [-0.15, -0.1) is 0 Å². The Kier molecular flexibility index (Phi) is 3.76. The maximum absolute atomic E-state index is 12.7. The van der Waals surface area contributed by atoms with Crippen molar-refractivity contribution < 1.29 is 9.31 Å². The van der Waals surface area contributed by atoms with Crippen LogP contribution in [0, 0.1) is 28.4 Å². The van der Waals surface area contributed by atoms with Crippen molar-refractivity contribution in [2.24, 2.45) is 0 Å². The molecule has 1 saturated heterocycles. The molecule has 0 saturated carbocycles. The van der Waals surface area contributed by atoms with Crippen LogP contribution in [0.5, 0.6) is 0 Å². The summed E-state index contributed by atoms with van der Waals surface area (Å²) in [5.74, 6) is 0. The third-order valence-corrected chi connectivity index (χ3v) is 3.35. The molecule has 6 heteroatoms. The van der Waals surface area contributed by atoms with E-state index in [2.05, 4.69) is 0 Å². The summed E-state index contributed by atoms with van der Waals surface area (Å²) < 4.78 is 12.7. The average Bonchev–Trinajstić information content (AvgIpc) is 2.32. The number of alkyl halides is 1. The molecule has 0 bridgehead atoms. The summed E-state index contributed by atoms with van der Waals surface area (Å²) in [6.45, 7) is 3.21. The third kappa shape index (κ3) is 2.88. The van der Waals surface area contributed by atoms with E-state index in [0.29, 0.717) is 37.2 Å². The zero-order chi connectivity index (χ0) is 14.0. The molecule has 1 aromatic carbocycles. The van der Waals surface area contributed by atoms with Gasteiger partial charge >= 0.3 is 0 Å². The van der Waals surface area contributed by atoms with E-state index in [1.807, 2.05) is 11.0 Å². The fourth-order valence-electron chi connectivity index (χ4n) is 2.23. The van der Waals surface area contributed by atoms with Crippen molar-refractivity contribution in [2.75, 3.05) is 19.6 Å². The van der Waals surface area contributed by atoms with E-state index in [-0.39, 0.29) is 5.69 Å². The van der Waals surface area contributed by atoms with Crippen LogP contribution in [0.2, 0.25) is 0 Å². The highest BCUT2D eigenvalue weighted by Crippen LogP contribution is 2.23. The summed E-state index contributed by atoms with van der Waals surface area (Å²) in [7, 11) is 0. The van der Waals surface area contributed by atoms with E-state index in [0.717, 1.165) is 5.56 Å². The number of nitro benzene ring substituents is 1. The second-order valence-corrected chi connectivity index (χ2v) is 4.77. The smallest absolute Gasteiger partial charge is 0.273 e. The molecule has 0 radical (unpaired) electrons. The van der Waals surface area contributed by atoms with E-state index in [1.54, 1.807) is 13.0 Å². The highest BCUT2D eigenvalue weighted by atomic mass is 19.1. The summed E-state index contributed by atoms with van der Waals surface area (Å²) in [6.07, 6.45) is -0.136. The molecule has 100 valence electrons. The molecular formula is C13H14FN3O2. The van der Waals surface area contributed by atoms with Crippen LogP contribution < -0.4 is 0 Å². The molecule has 0 spiro atoms. The molecule has 2 rings (SSSR count). The van der Waals surface area contributed by atoms with Crippen LogP contribution in [-0.2, 0) is 6.42 Å². The van der Waals surface area contributed by atoms with Gasteiger partial charge in [-0.25, -0.2) is 4.39 Å².